The van der Waals surface area contributed by atoms with E-state index in [9.17, 15) is 8.42 Å². The fourth-order valence-electron chi connectivity index (χ4n) is 3.30. The molecule has 2 unspecified atom stereocenters. The number of rotatable bonds is 6. The number of hydrogen-bond acceptors (Lipinski definition) is 3. The number of piperidine rings is 1. The van der Waals surface area contributed by atoms with Gasteiger partial charge in [0, 0.05) is 19.1 Å². The second kappa shape index (κ2) is 5.94. The minimum atomic E-state index is -3.36. The minimum Gasteiger partial charge on any atom is -0.494 e. The first-order valence-corrected chi connectivity index (χ1v) is 9.00. The van der Waals surface area contributed by atoms with Crippen molar-refractivity contribution in [1.29, 1.82) is 0 Å². The average molecular weight is 310 g/mol. The molecule has 2 aliphatic rings. The summed E-state index contributed by atoms with van der Waals surface area (Å²) in [5, 5.41) is 0. The molecule has 1 aliphatic carbocycles. The van der Waals surface area contributed by atoms with Gasteiger partial charge in [0.15, 0.2) is 0 Å². The maximum atomic E-state index is 12.4. The highest BCUT2D eigenvalue weighted by molar-refractivity contribution is 7.87. The van der Waals surface area contributed by atoms with E-state index in [1.807, 2.05) is 31.2 Å². The highest BCUT2D eigenvalue weighted by Gasteiger charge is 2.43. The lowest BCUT2D eigenvalue weighted by Gasteiger charge is -2.26. The van der Waals surface area contributed by atoms with Crippen LogP contribution in [0.15, 0.2) is 24.3 Å². The van der Waals surface area contributed by atoms with Crippen LogP contribution in [0.1, 0.15) is 31.7 Å². The number of nitrogens with zero attached hydrogens (tertiary/aromatic N) is 1. The van der Waals surface area contributed by atoms with Crippen LogP contribution in [0.3, 0.4) is 0 Å². The van der Waals surface area contributed by atoms with Crippen molar-refractivity contribution in [3.8, 4) is 5.75 Å². The summed E-state index contributed by atoms with van der Waals surface area (Å²) in [6, 6.07) is 7.73. The molecular weight excluding hydrogens is 288 g/mol. The maximum absolute atomic E-state index is 12.4. The smallest absolute Gasteiger partial charge is 0.280 e. The van der Waals surface area contributed by atoms with Crippen LogP contribution in [0, 0.1) is 5.92 Å². The second-order valence-corrected chi connectivity index (χ2v) is 7.51. The van der Waals surface area contributed by atoms with E-state index in [0.717, 1.165) is 24.2 Å². The van der Waals surface area contributed by atoms with Crippen molar-refractivity contribution in [2.75, 3.05) is 13.2 Å². The van der Waals surface area contributed by atoms with Crippen molar-refractivity contribution in [2.24, 2.45) is 5.92 Å². The lowest BCUT2D eigenvalue weighted by molar-refractivity contribution is 0.328. The number of nitrogens with one attached hydrogen (secondary N) is 1. The first kappa shape index (κ1) is 14.8. The van der Waals surface area contributed by atoms with Gasteiger partial charge >= 0.3 is 0 Å². The standard InChI is InChI=1S/C15H22N2O3S/c1-2-20-15-7-4-12(5-8-15)10-16-21(18,19)17-11-13-3-6-14(17)9-13/h4-5,7-8,13-14,16H,2-3,6,9-11H2,1H3. The fraction of sp³-hybridized carbons (Fsp3) is 0.600. The topological polar surface area (TPSA) is 58.6 Å². The van der Waals surface area contributed by atoms with Gasteiger partial charge in [0.2, 0.25) is 0 Å². The van der Waals surface area contributed by atoms with Gasteiger partial charge in [-0.3, -0.25) is 0 Å². The Morgan fingerprint density at radius 1 is 1.29 bits per heavy atom. The summed E-state index contributed by atoms with van der Waals surface area (Å²) in [4.78, 5) is 0. The van der Waals surface area contributed by atoms with Crippen molar-refractivity contribution in [2.45, 2.75) is 38.8 Å². The molecular formula is C15H22N2O3S. The van der Waals surface area contributed by atoms with Gasteiger partial charge in [-0.05, 0) is 49.8 Å². The molecule has 0 aromatic heterocycles. The van der Waals surface area contributed by atoms with E-state index in [2.05, 4.69) is 4.72 Å². The fourth-order valence-corrected chi connectivity index (χ4v) is 4.81. The summed E-state index contributed by atoms with van der Waals surface area (Å²) in [7, 11) is -3.36. The molecule has 0 amide bonds. The first-order valence-electron chi connectivity index (χ1n) is 7.56. The first-order chi connectivity index (χ1) is 10.1. The van der Waals surface area contributed by atoms with Gasteiger partial charge in [-0.1, -0.05) is 12.1 Å². The predicted molar refractivity (Wildman–Crippen MR) is 81.2 cm³/mol. The van der Waals surface area contributed by atoms with Crippen LogP contribution in [0.5, 0.6) is 5.75 Å². The molecule has 0 radical (unpaired) electrons. The van der Waals surface area contributed by atoms with Gasteiger partial charge in [-0.15, -0.1) is 0 Å². The van der Waals surface area contributed by atoms with Crippen LogP contribution < -0.4 is 9.46 Å². The third kappa shape index (κ3) is 3.22. The molecule has 1 N–H and O–H groups in total. The summed E-state index contributed by atoms with van der Waals surface area (Å²) in [6.07, 6.45) is 3.22. The van der Waals surface area contributed by atoms with Crippen molar-refractivity contribution in [3.63, 3.8) is 0 Å². The molecule has 3 rings (SSSR count). The largest absolute Gasteiger partial charge is 0.494 e. The van der Waals surface area contributed by atoms with Gasteiger partial charge < -0.3 is 4.74 Å². The normalized spacial score (nSPS) is 25.4. The molecule has 1 aliphatic heterocycles. The molecule has 2 bridgehead atoms. The quantitative estimate of drug-likeness (QED) is 0.873. The third-order valence-electron chi connectivity index (χ3n) is 4.36. The zero-order valence-electron chi connectivity index (χ0n) is 12.3. The Morgan fingerprint density at radius 3 is 2.62 bits per heavy atom. The highest BCUT2D eigenvalue weighted by atomic mass is 32.2. The van der Waals surface area contributed by atoms with Crippen LogP contribution in [0.25, 0.3) is 0 Å². The molecule has 6 heteroatoms. The van der Waals surface area contributed by atoms with Crippen LogP contribution in [-0.4, -0.2) is 31.9 Å². The number of hydrogen-bond donors (Lipinski definition) is 1. The van der Waals surface area contributed by atoms with Gasteiger partial charge in [0.05, 0.1) is 6.61 Å². The van der Waals surface area contributed by atoms with Crippen LogP contribution in [-0.2, 0) is 16.8 Å². The van der Waals surface area contributed by atoms with Crippen LogP contribution in [0.2, 0.25) is 0 Å². The van der Waals surface area contributed by atoms with E-state index in [4.69, 9.17) is 4.74 Å². The lowest BCUT2D eigenvalue weighted by Crippen LogP contribution is -2.44. The molecule has 21 heavy (non-hydrogen) atoms. The minimum absolute atomic E-state index is 0.216. The summed E-state index contributed by atoms with van der Waals surface area (Å²) in [5.41, 5.74) is 0.936. The van der Waals surface area contributed by atoms with Crippen LogP contribution in [0.4, 0.5) is 0 Å². The van der Waals surface area contributed by atoms with Gasteiger partial charge in [0.1, 0.15) is 5.75 Å². The zero-order chi connectivity index (χ0) is 14.9. The van der Waals surface area contributed by atoms with Crippen molar-refractivity contribution in [1.82, 2.24) is 9.03 Å². The summed E-state index contributed by atoms with van der Waals surface area (Å²) < 4.78 is 34.4. The Balaban J connectivity index is 1.59. The van der Waals surface area contributed by atoms with E-state index in [1.165, 1.54) is 6.42 Å². The number of ether oxygens (including phenoxy) is 1. The molecule has 1 saturated carbocycles. The van der Waals surface area contributed by atoms with Crippen molar-refractivity contribution in [3.05, 3.63) is 29.8 Å². The molecule has 2 fully saturated rings. The molecule has 1 aromatic carbocycles. The summed E-state index contributed by atoms with van der Waals surface area (Å²) in [5.74, 6) is 1.37. The molecule has 5 nitrogen and oxygen atoms in total. The van der Waals surface area contributed by atoms with Crippen molar-refractivity contribution >= 4 is 10.2 Å². The Hall–Kier alpha value is -1.11. The van der Waals surface area contributed by atoms with E-state index in [1.54, 1.807) is 4.31 Å². The molecule has 1 saturated heterocycles. The average Bonchev–Trinajstić information content (AvgIpc) is 3.10. The Bertz CT molecular complexity index is 585. The molecule has 116 valence electrons. The van der Waals surface area contributed by atoms with E-state index >= 15 is 0 Å². The zero-order valence-corrected chi connectivity index (χ0v) is 13.1. The number of benzene rings is 1. The van der Waals surface area contributed by atoms with E-state index < -0.39 is 10.2 Å². The lowest BCUT2D eigenvalue weighted by atomic mass is 10.1. The van der Waals surface area contributed by atoms with Gasteiger partial charge in [0.25, 0.3) is 10.2 Å². The molecule has 1 aromatic rings. The maximum Gasteiger partial charge on any atom is 0.280 e. The second-order valence-electron chi connectivity index (χ2n) is 5.81. The SMILES string of the molecule is CCOc1ccc(CNS(=O)(=O)N2CC3CCC2C3)cc1. The monoisotopic (exact) mass is 310 g/mol. The van der Waals surface area contributed by atoms with Gasteiger partial charge in [-0.25, -0.2) is 0 Å². The summed E-state index contributed by atoms with van der Waals surface area (Å²) in [6.45, 7) is 3.57. The molecule has 1 heterocycles. The van der Waals surface area contributed by atoms with E-state index in [0.29, 0.717) is 25.6 Å². The number of fused-ring (bicyclic) bond motifs is 2. The summed E-state index contributed by atoms with van der Waals surface area (Å²) >= 11 is 0. The molecule has 0 spiro atoms. The molecule has 2 atom stereocenters. The predicted octanol–water partition coefficient (Wildman–Crippen LogP) is 1.90. The Kier molecular flexibility index (Phi) is 4.19. The van der Waals surface area contributed by atoms with Gasteiger partial charge in [-0.2, -0.15) is 17.4 Å². The Labute approximate surface area is 126 Å². The van der Waals surface area contributed by atoms with Crippen molar-refractivity contribution < 1.29 is 13.2 Å². The highest BCUT2D eigenvalue weighted by Crippen LogP contribution is 2.38. The Morgan fingerprint density at radius 2 is 2.05 bits per heavy atom. The van der Waals surface area contributed by atoms with E-state index in [-0.39, 0.29) is 6.04 Å². The third-order valence-corrected chi connectivity index (χ3v) is 5.93. The van der Waals surface area contributed by atoms with Crippen LogP contribution >= 0.6 is 0 Å².